The molecule has 2 rings (SSSR count). The summed E-state index contributed by atoms with van der Waals surface area (Å²) in [5.74, 6) is -0.649. The number of carbonyl (C=O) groups excluding carboxylic acids is 1. The number of rotatable bonds is 3. The summed E-state index contributed by atoms with van der Waals surface area (Å²) in [5, 5.41) is 9.20. The molecule has 1 N–H and O–H groups in total. The summed E-state index contributed by atoms with van der Waals surface area (Å²) >= 11 is 0. The van der Waals surface area contributed by atoms with Crippen molar-refractivity contribution in [2.45, 2.75) is 52.4 Å². The number of hydrogen-bond acceptors (Lipinski definition) is 2. The molecule has 0 aromatic heterocycles. The summed E-state index contributed by atoms with van der Waals surface area (Å²) in [6.45, 7) is 5.26. The van der Waals surface area contributed by atoms with E-state index in [0.29, 0.717) is 13.0 Å². The van der Waals surface area contributed by atoms with Crippen molar-refractivity contribution in [2.24, 2.45) is 17.3 Å². The molecule has 1 aliphatic carbocycles. The number of likely N-dealkylation sites (tertiary alicyclic amines) is 1. The highest BCUT2D eigenvalue weighted by Gasteiger charge is 2.44. The van der Waals surface area contributed by atoms with E-state index in [2.05, 4.69) is 6.92 Å². The monoisotopic (exact) mass is 267 g/mol. The van der Waals surface area contributed by atoms with Crippen molar-refractivity contribution in [3.63, 3.8) is 0 Å². The van der Waals surface area contributed by atoms with E-state index >= 15 is 0 Å². The number of carbonyl (C=O) groups is 2. The van der Waals surface area contributed by atoms with Crippen LogP contribution in [0, 0.1) is 17.3 Å². The van der Waals surface area contributed by atoms with Gasteiger partial charge in [-0.25, -0.2) is 0 Å². The molecule has 1 aliphatic heterocycles. The van der Waals surface area contributed by atoms with Gasteiger partial charge in [-0.1, -0.05) is 26.7 Å². The maximum Gasteiger partial charge on any atom is 0.308 e. The Morgan fingerprint density at radius 3 is 2.42 bits per heavy atom. The summed E-state index contributed by atoms with van der Waals surface area (Å²) < 4.78 is 0. The molecule has 2 fully saturated rings. The Labute approximate surface area is 115 Å². The average molecular weight is 267 g/mol. The zero-order valence-electron chi connectivity index (χ0n) is 12.0. The number of piperidine rings is 1. The minimum atomic E-state index is -0.763. The van der Waals surface area contributed by atoms with Gasteiger partial charge in [-0.3, -0.25) is 9.59 Å². The third kappa shape index (κ3) is 2.77. The highest BCUT2D eigenvalue weighted by Crippen LogP contribution is 2.43. The normalized spacial score (nSPS) is 30.3. The summed E-state index contributed by atoms with van der Waals surface area (Å²) in [4.78, 5) is 25.8. The molecule has 1 heterocycles. The first kappa shape index (κ1) is 14.4. The van der Waals surface area contributed by atoms with E-state index in [1.54, 1.807) is 0 Å². The van der Waals surface area contributed by atoms with Crippen LogP contribution < -0.4 is 0 Å². The Hall–Kier alpha value is -1.06. The number of carboxylic acids is 1. The van der Waals surface area contributed by atoms with E-state index in [1.807, 2.05) is 11.8 Å². The lowest BCUT2D eigenvalue weighted by atomic mass is 9.80. The van der Waals surface area contributed by atoms with Crippen LogP contribution in [0.15, 0.2) is 0 Å². The molecule has 1 amide bonds. The van der Waals surface area contributed by atoms with Gasteiger partial charge in [-0.15, -0.1) is 0 Å². The molecule has 0 radical (unpaired) electrons. The zero-order valence-corrected chi connectivity index (χ0v) is 12.0. The Balaban J connectivity index is 2.11. The summed E-state index contributed by atoms with van der Waals surface area (Å²) in [6.07, 6.45) is 5.79. The van der Waals surface area contributed by atoms with Crippen molar-refractivity contribution in [2.75, 3.05) is 13.1 Å². The second kappa shape index (κ2) is 5.51. The molecular weight excluding hydrogens is 242 g/mol. The minimum Gasteiger partial charge on any atom is -0.481 e. The van der Waals surface area contributed by atoms with E-state index < -0.39 is 5.97 Å². The van der Waals surface area contributed by atoms with Crippen LogP contribution in [0.4, 0.5) is 0 Å². The van der Waals surface area contributed by atoms with E-state index in [4.69, 9.17) is 0 Å². The Bertz CT molecular complexity index is 360. The first-order valence-electron chi connectivity index (χ1n) is 7.50. The fraction of sp³-hybridized carbons (Fsp3) is 0.867. The quantitative estimate of drug-likeness (QED) is 0.855. The summed E-state index contributed by atoms with van der Waals surface area (Å²) in [5.41, 5.74) is -0.194. The number of amides is 1. The molecule has 0 aromatic carbocycles. The number of aliphatic carboxylic acids is 1. The average Bonchev–Trinajstić information content (AvgIpc) is 2.87. The number of carboxylic acid groups (broad SMARTS) is 1. The molecule has 2 atom stereocenters. The molecule has 19 heavy (non-hydrogen) atoms. The molecule has 1 saturated heterocycles. The molecular formula is C15H25NO3. The molecule has 4 heteroatoms. The third-order valence-corrected chi connectivity index (χ3v) is 4.99. The van der Waals surface area contributed by atoms with E-state index in [9.17, 15) is 14.7 Å². The smallest absolute Gasteiger partial charge is 0.308 e. The molecule has 4 nitrogen and oxygen atoms in total. The maximum atomic E-state index is 12.8. The van der Waals surface area contributed by atoms with Crippen LogP contribution in [0.25, 0.3) is 0 Å². The molecule has 0 bridgehead atoms. The second-order valence-corrected chi connectivity index (χ2v) is 6.43. The lowest BCUT2D eigenvalue weighted by Crippen LogP contribution is -2.50. The van der Waals surface area contributed by atoms with Crippen molar-refractivity contribution in [3.8, 4) is 0 Å². The first-order valence-corrected chi connectivity index (χ1v) is 7.50. The van der Waals surface area contributed by atoms with Crippen LogP contribution >= 0.6 is 0 Å². The van der Waals surface area contributed by atoms with Crippen molar-refractivity contribution >= 4 is 11.9 Å². The highest BCUT2D eigenvalue weighted by molar-refractivity contribution is 5.84. The Kier molecular flexibility index (Phi) is 4.16. The fourth-order valence-electron chi connectivity index (χ4n) is 3.80. The van der Waals surface area contributed by atoms with Crippen molar-refractivity contribution in [3.05, 3.63) is 0 Å². The van der Waals surface area contributed by atoms with Crippen LogP contribution in [0.5, 0.6) is 0 Å². The molecule has 0 aromatic rings. The minimum absolute atomic E-state index is 0.194. The van der Waals surface area contributed by atoms with E-state index in [-0.39, 0.29) is 23.2 Å². The van der Waals surface area contributed by atoms with Crippen LogP contribution in [-0.2, 0) is 9.59 Å². The Morgan fingerprint density at radius 2 is 1.89 bits per heavy atom. The topological polar surface area (TPSA) is 57.6 Å². The SMILES string of the molecule is CCC1(C(=O)N2CC(C)CC(C(=O)O)C2)CCCC1. The van der Waals surface area contributed by atoms with Crippen molar-refractivity contribution < 1.29 is 14.7 Å². The second-order valence-electron chi connectivity index (χ2n) is 6.43. The molecule has 108 valence electrons. The lowest BCUT2D eigenvalue weighted by Gasteiger charge is -2.40. The maximum absolute atomic E-state index is 12.8. The van der Waals surface area contributed by atoms with Gasteiger partial charge in [0.2, 0.25) is 5.91 Å². The lowest BCUT2D eigenvalue weighted by molar-refractivity contribution is -0.151. The van der Waals surface area contributed by atoms with Crippen LogP contribution in [-0.4, -0.2) is 35.0 Å². The molecule has 2 aliphatic rings. The van der Waals surface area contributed by atoms with Gasteiger partial charge >= 0.3 is 5.97 Å². The Morgan fingerprint density at radius 1 is 1.26 bits per heavy atom. The van der Waals surface area contributed by atoms with Gasteiger partial charge in [0.15, 0.2) is 0 Å². The predicted molar refractivity (Wildman–Crippen MR) is 72.7 cm³/mol. The van der Waals surface area contributed by atoms with Crippen molar-refractivity contribution in [1.29, 1.82) is 0 Å². The predicted octanol–water partition coefficient (Wildman–Crippen LogP) is 2.53. The van der Waals surface area contributed by atoms with Crippen molar-refractivity contribution in [1.82, 2.24) is 4.90 Å². The van der Waals surface area contributed by atoms with Crippen LogP contribution in [0.1, 0.15) is 52.4 Å². The van der Waals surface area contributed by atoms with Gasteiger partial charge in [-0.05, 0) is 31.6 Å². The van der Waals surface area contributed by atoms with Crippen LogP contribution in [0.3, 0.4) is 0 Å². The summed E-state index contributed by atoms with van der Waals surface area (Å²) in [7, 11) is 0. The van der Waals surface area contributed by atoms with Gasteiger partial charge in [0.25, 0.3) is 0 Å². The number of nitrogens with zero attached hydrogens (tertiary/aromatic N) is 1. The van der Waals surface area contributed by atoms with E-state index in [1.165, 1.54) is 0 Å². The molecule has 1 saturated carbocycles. The van der Waals surface area contributed by atoms with Gasteiger partial charge in [0, 0.05) is 18.5 Å². The van der Waals surface area contributed by atoms with E-state index in [0.717, 1.165) is 38.6 Å². The largest absolute Gasteiger partial charge is 0.481 e. The zero-order chi connectivity index (χ0) is 14.0. The first-order chi connectivity index (χ1) is 8.98. The standard InChI is InChI=1S/C15H25NO3/c1-3-15(6-4-5-7-15)14(19)16-9-11(2)8-12(10-16)13(17)18/h11-12H,3-10H2,1-2H3,(H,17,18). The molecule has 2 unspecified atom stereocenters. The fourth-order valence-corrected chi connectivity index (χ4v) is 3.80. The summed E-state index contributed by atoms with van der Waals surface area (Å²) in [6, 6.07) is 0. The number of hydrogen-bond donors (Lipinski definition) is 1. The van der Waals surface area contributed by atoms with Crippen LogP contribution in [0.2, 0.25) is 0 Å². The highest BCUT2D eigenvalue weighted by atomic mass is 16.4. The van der Waals surface area contributed by atoms with Gasteiger partial charge in [0.05, 0.1) is 5.92 Å². The van der Waals surface area contributed by atoms with Gasteiger partial charge in [0.1, 0.15) is 0 Å². The molecule has 0 spiro atoms. The third-order valence-electron chi connectivity index (χ3n) is 4.99. The van der Waals surface area contributed by atoms with Gasteiger partial charge in [-0.2, -0.15) is 0 Å². The van der Waals surface area contributed by atoms with Gasteiger partial charge < -0.3 is 10.0 Å².